The fourth-order valence-electron chi connectivity index (χ4n) is 4.88. The molecule has 2 aliphatic heterocycles. The van der Waals surface area contributed by atoms with Crippen molar-refractivity contribution in [2.45, 2.75) is 89.8 Å². The summed E-state index contributed by atoms with van der Waals surface area (Å²) in [5, 5.41) is 0. The number of hydrogen-bond donors (Lipinski definition) is 0. The minimum absolute atomic E-state index is 0.0478. The first-order chi connectivity index (χ1) is 13.4. The van der Waals surface area contributed by atoms with Crippen molar-refractivity contribution in [2.24, 2.45) is 0 Å². The SMILES string of the molecule is CC1(C)COC(C)(C)N1C(=O)O[C@@H]([C@@H]1CCCN1Cc1ccccc1)[Si](C)(C)C. The van der Waals surface area contributed by atoms with Crippen molar-refractivity contribution < 1.29 is 14.3 Å². The van der Waals surface area contributed by atoms with Gasteiger partial charge in [0.05, 0.1) is 20.2 Å². The van der Waals surface area contributed by atoms with E-state index in [4.69, 9.17) is 9.47 Å². The van der Waals surface area contributed by atoms with Crippen LogP contribution in [0.15, 0.2) is 30.3 Å². The van der Waals surface area contributed by atoms with Gasteiger partial charge in [-0.15, -0.1) is 0 Å². The van der Waals surface area contributed by atoms with Gasteiger partial charge in [0.25, 0.3) is 0 Å². The van der Waals surface area contributed by atoms with Gasteiger partial charge in [-0.1, -0.05) is 50.0 Å². The fraction of sp³-hybridized carbons (Fsp3) is 0.696. The van der Waals surface area contributed by atoms with Crippen molar-refractivity contribution in [1.82, 2.24) is 9.80 Å². The van der Waals surface area contributed by atoms with E-state index < -0.39 is 13.8 Å². The monoisotopic (exact) mass is 418 g/mol. The van der Waals surface area contributed by atoms with Gasteiger partial charge in [-0.25, -0.2) is 4.79 Å². The van der Waals surface area contributed by atoms with Gasteiger partial charge in [-0.2, -0.15) is 0 Å². The quantitative estimate of drug-likeness (QED) is 0.639. The highest BCUT2D eigenvalue weighted by atomic mass is 28.3. The molecule has 1 aromatic rings. The van der Waals surface area contributed by atoms with Gasteiger partial charge >= 0.3 is 6.09 Å². The molecule has 2 saturated heterocycles. The topological polar surface area (TPSA) is 42.0 Å². The second-order valence-corrected chi connectivity index (χ2v) is 16.0. The zero-order chi connectivity index (χ0) is 21.4. The molecule has 1 aromatic carbocycles. The third kappa shape index (κ3) is 4.86. The van der Waals surface area contributed by atoms with Crippen LogP contribution >= 0.6 is 0 Å². The molecular weight excluding hydrogens is 380 g/mol. The van der Waals surface area contributed by atoms with E-state index in [0.717, 1.165) is 25.9 Å². The van der Waals surface area contributed by atoms with Crippen LogP contribution in [0.4, 0.5) is 4.79 Å². The van der Waals surface area contributed by atoms with E-state index in [1.54, 1.807) is 4.90 Å². The lowest BCUT2D eigenvalue weighted by Gasteiger charge is -2.42. The number of likely N-dealkylation sites (tertiary alicyclic amines) is 1. The van der Waals surface area contributed by atoms with Crippen molar-refractivity contribution in [3.05, 3.63) is 35.9 Å². The lowest BCUT2D eigenvalue weighted by atomic mass is 10.0. The Balaban J connectivity index is 1.80. The van der Waals surface area contributed by atoms with Crippen molar-refractivity contribution in [1.29, 1.82) is 0 Å². The molecule has 2 heterocycles. The first kappa shape index (κ1) is 22.3. The average Bonchev–Trinajstić information content (AvgIpc) is 3.13. The maximum absolute atomic E-state index is 13.4. The molecule has 1 amide bonds. The summed E-state index contributed by atoms with van der Waals surface area (Å²) in [5.74, 6) is 0. The molecule has 0 N–H and O–H groups in total. The number of amides is 1. The molecule has 2 aliphatic rings. The number of carbonyl (C=O) groups excluding carboxylic acids is 1. The average molecular weight is 419 g/mol. The number of nitrogens with zero attached hydrogens (tertiary/aromatic N) is 2. The van der Waals surface area contributed by atoms with Crippen molar-refractivity contribution in [2.75, 3.05) is 13.2 Å². The summed E-state index contributed by atoms with van der Waals surface area (Å²) in [6, 6.07) is 10.9. The normalized spacial score (nSPS) is 25.2. The van der Waals surface area contributed by atoms with Gasteiger partial charge in [0.2, 0.25) is 0 Å². The van der Waals surface area contributed by atoms with E-state index in [1.165, 1.54) is 5.56 Å². The van der Waals surface area contributed by atoms with Crippen molar-refractivity contribution in [3.63, 3.8) is 0 Å². The minimum atomic E-state index is -1.77. The van der Waals surface area contributed by atoms with Gasteiger partial charge in [-0.05, 0) is 52.6 Å². The molecular formula is C23H38N2O3Si. The van der Waals surface area contributed by atoms with E-state index in [1.807, 2.05) is 27.7 Å². The Hall–Kier alpha value is -1.37. The first-order valence-electron chi connectivity index (χ1n) is 10.8. The number of benzene rings is 1. The van der Waals surface area contributed by atoms with Crippen LogP contribution in [0.3, 0.4) is 0 Å². The van der Waals surface area contributed by atoms with Gasteiger partial charge in [0, 0.05) is 12.6 Å². The van der Waals surface area contributed by atoms with Gasteiger partial charge in [0.15, 0.2) is 0 Å². The predicted molar refractivity (Wildman–Crippen MR) is 119 cm³/mol. The molecule has 2 atom stereocenters. The highest BCUT2D eigenvalue weighted by Gasteiger charge is 2.51. The summed E-state index contributed by atoms with van der Waals surface area (Å²) in [6.45, 7) is 17.4. The predicted octanol–water partition coefficient (Wildman–Crippen LogP) is 4.88. The lowest BCUT2D eigenvalue weighted by Crippen LogP contribution is -2.58. The standard InChI is InChI=1S/C23H38N2O3Si/c1-22(2)17-27-23(3,4)25(22)21(26)28-20(29(5,6)7)19-14-11-15-24(19)16-18-12-9-8-10-13-18/h8-10,12-13,19-20H,11,14-17H2,1-7H3/t19-,20+/m0/s1. The molecule has 162 valence electrons. The van der Waals surface area contributed by atoms with Crippen molar-refractivity contribution in [3.8, 4) is 0 Å². The summed E-state index contributed by atoms with van der Waals surface area (Å²) in [6.07, 6.45) is 1.99. The summed E-state index contributed by atoms with van der Waals surface area (Å²) in [5.41, 5.74) is 0.247. The summed E-state index contributed by atoms with van der Waals surface area (Å²) in [4.78, 5) is 17.7. The molecule has 0 aromatic heterocycles. The van der Waals surface area contributed by atoms with E-state index in [2.05, 4.69) is 54.9 Å². The molecule has 0 unspecified atom stereocenters. The Bertz CT molecular complexity index is 699. The Morgan fingerprint density at radius 3 is 2.41 bits per heavy atom. The Morgan fingerprint density at radius 1 is 1.21 bits per heavy atom. The molecule has 5 nitrogen and oxygen atoms in total. The molecule has 0 spiro atoms. The minimum Gasteiger partial charge on any atom is -0.448 e. The zero-order valence-electron chi connectivity index (χ0n) is 19.2. The van der Waals surface area contributed by atoms with Crippen LogP contribution < -0.4 is 0 Å². The molecule has 0 radical (unpaired) electrons. The maximum Gasteiger partial charge on any atom is 0.412 e. The Morgan fingerprint density at radius 2 is 1.86 bits per heavy atom. The smallest absolute Gasteiger partial charge is 0.412 e. The Kier molecular flexibility index (Phi) is 6.19. The number of hydrogen-bond acceptors (Lipinski definition) is 4. The highest BCUT2D eigenvalue weighted by molar-refractivity contribution is 6.77. The van der Waals surface area contributed by atoms with Gasteiger partial charge in [0.1, 0.15) is 11.5 Å². The fourth-order valence-corrected chi connectivity index (χ4v) is 6.87. The molecule has 0 saturated carbocycles. The lowest BCUT2D eigenvalue weighted by molar-refractivity contribution is -0.0581. The van der Waals surface area contributed by atoms with Crippen LogP contribution in [0.5, 0.6) is 0 Å². The van der Waals surface area contributed by atoms with E-state index in [0.29, 0.717) is 6.61 Å². The molecule has 3 rings (SSSR count). The van der Waals surface area contributed by atoms with Crippen LogP contribution in [-0.4, -0.2) is 60.2 Å². The van der Waals surface area contributed by atoms with Crippen LogP contribution in [0.25, 0.3) is 0 Å². The van der Waals surface area contributed by atoms with Crippen LogP contribution in [0.2, 0.25) is 19.6 Å². The third-order valence-electron chi connectivity index (χ3n) is 6.18. The third-order valence-corrected chi connectivity index (χ3v) is 8.39. The van der Waals surface area contributed by atoms with Crippen molar-refractivity contribution >= 4 is 14.2 Å². The second-order valence-electron chi connectivity index (χ2n) is 10.7. The Labute approximate surface area is 177 Å². The first-order valence-corrected chi connectivity index (χ1v) is 14.4. The zero-order valence-corrected chi connectivity index (χ0v) is 20.2. The van der Waals surface area contributed by atoms with E-state index in [9.17, 15) is 4.79 Å². The van der Waals surface area contributed by atoms with Crippen LogP contribution in [0, 0.1) is 0 Å². The highest BCUT2D eigenvalue weighted by Crippen LogP contribution is 2.37. The van der Waals surface area contributed by atoms with Crippen LogP contribution in [0.1, 0.15) is 46.1 Å². The summed E-state index contributed by atoms with van der Waals surface area (Å²) in [7, 11) is -1.77. The summed E-state index contributed by atoms with van der Waals surface area (Å²) >= 11 is 0. The number of rotatable bonds is 5. The molecule has 6 heteroatoms. The molecule has 0 bridgehead atoms. The molecule has 0 aliphatic carbocycles. The van der Waals surface area contributed by atoms with Gasteiger partial charge in [-0.3, -0.25) is 9.80 Å². The van der Waals surface area contributed by atoms with Crippen LogP contribution in [-0.2, 0) is 16.0 Å². The van der Waals surface area contributed by atoms with E-state index in [-0.39, 0.29) is 23.4 Å². The number of carbonyl (C=O) groups is 1. The summed E-state index contributed by atoms with van der Waals surface area (Å²) < 4.78 is 12.3. The number of ether oxygens (including phenoxy) is 2. The largest absolute Gasteiger partial charge is 0.448 e. The molecule has 2 fully saturated rings. The molecule has 29 heavy (non-hydrogen) atoms. The maximum atomic E-state index is 13.4. The second kappa shape index (κ2) is 8.04. The van der Waals surface area contributed by atoms with E-state index >= 15 is 0 Å². The van der Waals surface area contributed by atoms with Gasteiger partial charge < -0.3 is 9.47 Å².